The molecule has 4 bridgehead atoms. The van der Waals surface area contributed by atoms with E-state index in [-0.39, 0.29) is 33.3 Å². The van der Waals surface area contributed by atoms with Crippen LogP contribution in [0.1, 0.15) is 69.2 Å². The van der Waals surface area contributed by atoms with Crippen LogP contribution >= 0.6 is 11.6 Å². The first-order chi connectivity index (χ1) is 14.4. The van der Waals surface area contributed by atoms with E-state index >= 15 is 0 Å². The van der Waals surface area contributed by atoms with Gasteiger partial charge in [0.25, 0.3) is 0 Å². The molecule has 0 spiro atoms. The number of carbonyl (C=O) groups is 2. The van der Waals surface area contributed by atoms with Crippen LogP contribution in [0.15, 0.2) is 23.1 Å². The number of primary amides is 1. The molecule has 4 aliphatic rings. The fourth-order valence-electron chi connectivity index (χ4n) is 6.33. The van der Waals surface area contributed by atoms with Crippen LogP contribution in [0.3, 0.4) is 0 Å². The van der Waals surface area contributed by atoms with Crippen molar-refractivity contribution in [1.82, 2.24) is 10.0 Å². The molecule has 1 aromatic rings. The molecule has 4 N–H and O–H groups in total. The van der Waals surface area contributed by atoms with Crippen LogP contribution in [0.2, 0.25) is 5.02 Å². The molecule has 0 radical (unpaired) electrons. The number of rotatable bonds is 7. The van der Waals surface area contributed by atoms with Gasteiger partial charge in [-0.15, -0.1) is 0 Å². The smallest absolute Gasteiger partial charge is 0.248 e. The summed E-state index contributed by atoms with van der Waals surface area (Å²) in [4.78, 5) is 24.1. The quantitative estimate of drug-likeness (QED) is 0.571. The number of halogens is 1. The van der Waals surface area contributed by atoms with Crippen LogP contribution in [-0.4, -0.2) is 31.3 Å². The average molecular weight is 468 g/mol. The van der Waals surface area contributed by atoms with Gasteiger partial charge in [0.15, 0.2) is 0 Å². The Bertz CT molecular complexity index is 986. The third-order valence-electron chi connectivity index (χ3n) is 6.96. The first-order valence-electron chi connectivity index (χ1n) is 10.8. The fraction of sp³-hybridized carbons (Fsp3) is 0.636. The highest BCUT2D eigenvalue weighted by Gasteiger charge is 2.51. The van der Waals surface area contributed by atoms with E-state index < -0.39 is 21.5 Å². The lowest BCUT2D eigenvalue weighted by Gasteiger charge is -2.57. The summed E-state index contributed by atoms with van der Waals surface area (Å²) in [6.07, 6.45) is 7.00. The van der Waals surface area contributed by atoms with Crippen molar-refractivity contribution in [2.45, 2.75) is 74.8 Å². The first-order valence-corrected chi connectivity index (χ1v) is 12.7. The van der Waals surface area contributed by atoms with Crippen LogP contribution in [0, 0.1) is 17.8 Å². The minimum atomic E-state index is -4.00. The van der Waals surface area contributed by atoms with Crippen molar-refractivity contribution in [2.75, 3.05) is 0 Å². The summed E-state index contributed by atoms with van der Waals surface area (Å²) in [6.45, 7) is 3.35. The third-order valence-corrected chi connectivity index (χ3v) is 9.14. The Hall–Kier alpha value is -1.64. The van der Waals surface area contributed by atoms with Crippen LogP contribution in [0.25, 0.3) is 0 Å². The van der Waals surface area contributed by atoms with Gasteiger partial charge in [0.1, 0.15) is 4.90 Å². The molecule has 0 unspecified atom stereocenters. The molecule has 9 heteroatoms. The van der Waals surface area contributed by atoms with Gasteiger partial charge in [-0.2, -0.15) is 0 Å². The summed E-state index contributed by atoms with van der Waals surface area (Å²) in [6, 6.07) is 3.79. The zero-order chi connectivity index (χ0) is 22.6. The molecule has 31 heavy (non-hydrogen) atoms. The summed E-state index contributed by atoms with van der Waals surface area (Å²) in [7, 11) is -4.00. The molecule has 170 valence electrons. The maximum atomic E-state index is 12.9. The zero-order valence-corrected chi connectivity index (χ0v) is 19.5. The van der Waals surface area contributed by atoms with Gasteiger partial charge in [0, 0.05) is 23.1 Å². The van der Waals surface area contributed by atoms with Crippen molar-refractivity contribution in [3.8, 4) is 0 Å². The Morgan fingerprint density at radius 2 is 1.68 bits per heavy atom. The lowest BCUT2D eigenvalue weighted by Crippen LogP contribution is -2.60. The molecule has 7 nitrogen and oxygen atoms in total. The van der Waals surface area contributed by atoms with Crippen molar-refractivity contribution in [2.24, 2.45) is 23.5 Å². The molecule has 0 atom stereocenters. The first kappa shape index (κ1) is 22.6. The van der Waals surface area contributed by atoms with Crippen LogP contribution < -0.4 is 15.8 Å². The normalized spacial score (nSPS) is 29.7. The number of benzene rings is 1. The van der Waals surface area contributed by atoms with Gasteiger partial charge in [-0.25, -0.2) is 13.1 Å². The van der Waals surface area contributed by atoms with E-state index in [0.29, 0.717) is 17.8 Å². The van der Waals surface area contributed by atoms with Crippen LogP contribution in [-0.2, 0) is 14.8 Å². The molecule has 2 amide bonds. The Morgan fingerprint density at radius 1 is 1.13 bits per heavy atom. The minimum absolute atomic E-state index is 0.0188. The van der Waals surface area contributed by atoms with E-state index in [2.05, 4.69) is 10.0 Å². The van der Waals surface area contributed by atoms with Gasteiger partial charge < -0.3 is 11.1 Å². The van der Waals surface area contributed by atoms with Crippen molar-refractivity contribution < 1.29 is 18.0 Å². The molecule has 5 rings (SSSR count). The molecule has 0 heterocycles. The van der Waals surface area contributed by atoms with Gasteiger partial charge in [0.05, 0.1) is 5.02 Å². The maximum absolute atomic E-state index is 12.9. The van der Waals surface area contributed by atoms with Gasteiger partial charge in [-0.1, -0.05) is 11.6 Å². The topological polar surface area (TPSA) is 118 Å². The lowest BCUT2D eigenvalue weighted by molar-refractivity contribution is -0.127. The number of hydrogen-bond acceptors (Lipinski definition) is 4. The highest BCUT2D eigenvalue weighted by atomic mass is 35.5. The van der Waals surface area contributed by atoms with E-state index in [4.69, 9.17) is 17.3 Å². The Labute approximate surface area is 188 Å². The second-order valence-corrected chi connectivity index (χ2v) is 12.5. The Kier molecular flexibility index (Phi) is 5.63. The van der Waals surface area contributed by atoms with Crippen LogP contribution in [0.4, 0.5) is 0 Å². The minimum Gasteiger partial charge on any atom is -0.366 e. The molecule has 0 saturated heterocycles. The number of nitrogens with one attached hydrogen (secondary N) is 2. The third kappa shape index (κ3) is 4.76. The van der Waals surface area contributed by atoms with Gasteiger partial charge in [-0.3, -0.25) is 9.59 Å². The Morgan fingerprint density at radius 3 is 2.16 bits per heavy atom. The van der Waals surface area contributed by atoms with Gasteiger partial charge >= 0.3 is 0 Å². The molecule has 4 saturated carbocycles. The molecular weight excluding hydrogens is 438 g/mol. The van der Waals surface area contributed by atoms with Crippen LogP contribution in [0.5, 0.6) is 0 Å². The van der Waals surface area contributed by atoms with Gasteiger partial charge in [-0.05, 0) is 88.3 Å². The van der Waals surface area contributed by atoms with Crippen molar-refractivity contribution in [3.63, 3.8) is 0 Å². The predicted molar refractivity (Wildman–Crippen MR) is 118 cm³/mol. The van der Waals surface area contributed by atoms with Crippen molar-refractivity contribution in [3.05, 3.63) is 28.8 Å². The molecule has 1 aromatic carbocycles. The SMILES string of the molecule is CC(C)(CC(=O)NC12CC3CC(CC(C3)C1)C2)NS(=O)(=O)c1ccc(C(N)=O)cc1Cl. The van der Waals surface area contributed by atoms with E-state index in [1.807, 2.05) is 0 Å². The number of nitrogens with two attached hydrogens (primary N) is 1. The molecule has 4 fully saturated rings. The summed E-state index contributed by atoms with van der Waals surface area (Å²) >= 11 is 6.09. The van der Waals surface area contributed by atoms with E-state index in [9.17, 15) is 18.0 Å². The van der Waals surface area contributed by atoms with Crippen molar-refractivity contribution >= 4 is 33.4 Å². The summed E-state index contributed by atoms with van der Waals surface area (Å²) in [5, 5.41) is 3.19. The standard InChI is InChI=1S/C22H30ClN3O4S/c1-21(2,26-31(29,30)18-4-3-16(20(24)28)8-17(18)23)12-19(27)25-22-9-13-5-14(10-22)7-15(6-13)11-22/h3-4,8,13-15,26H,5-7,9-12H2,1-2H3,(H2,24,28)(H,25,27). The van der Waals surface area contributed by atoms with Gasteiger partial charge in [0.2, 0.25) is 21.8 Å². The van der Waals surface area contributed by atoms with Crippen molar-refractivity contribution in [1.29, 1.82) is 0 Å². The van der Waals surface area contributed by atoms with E-state index in [1.54, 1.807) is 13.8 Å². The van der Waals surface area contributed by atoms with E-state index in [0.717, 1.165) is 19.3 Å². The molecule has 4 aliphatic carbocycles. The number of amides is 2. The molecular formula is C22H30ClN3O4S. The molecule has 0 aliphatic heterocycles. The summed E-state index contributed by atoms with van der Waals surface area (Å²) < 4.78 is 28.4. The highest BCUT2D eigenvalue weighted by molar-refractivity contribution is 7.89. The zero-order valence-electron chi connectivity index (χ0n) is 17.9. The highest BCUT2D eigenvalue weighted by Crippen LogP contribution is 2.55. The Balaban J connectivity index is 1.43. The predicted octanol–water partition coefficient (Wildman–Crippen LogP) is 2.97. The largest absolute Gasteiger partial charge is 0.366 e. The lowest BCUT2D eigenvalue weighted by atomic mass is 9.53. The number of sulfonamides is 1. The molecule has 0 aromatic heterocycles. The monoisotopic (exact) mass is 467 g/mol. The second-order valence-electron chi connectivity index (χ2n) is 10.4. The average Bonchev–Trinajstić information content (AvgIpc) is 2.57. The second kappa shape index (κ2) is 7.74. The number of carbonyl (C=O) groups excluding carboxylic acids is 2. The fourth-order valence-corrected chi connectivity index (χ4v) is 8.29. The number of hydrogen-bond donors (Lipinski definition) is 3. The van der Waals surface area contributed by atoms with E-state index in [1.165, 1.54) is 37.5 Å². The summed E-state index contributed by atoms with van der Waals surface area (Å²) in [5.41, 5.74) is 4.20. The summed E-state index contributed by atoms with van der Waals surface area (Å²) in [5.74, 6) is 1.31. The maximum Gasteiger partial charge on any atom is 0.248 e.